The van der Waals surface area contributed by atoms with Crippen molar-refractivity contribution in [3.05, 3.63) is 59.9 Å². The van der Waals surface area contributed by atoms with E-state index in [0.29, 0.717) is 13.0 Å². The summed E-state index contributed by atoms with van der Waals surface area (Å²) in [4.78, 5) is 16.1. The van der Waals surface area contributed by atoms with Crippen LogP contribution in [-0.2, 0) is 4.79 Å². The van der Waals surface area contributed by atoms with Gasteiger partial charge in [-0.2, -0.15) is 0 Å². The minimum absolute atomic E-state index is 0.0409. The van der Waals surface area contributed by atoms with Gasteiger partial charge in [0.25, 0.3) is 0 Å². The first kappa shape index (κ1) is 15.0. The van der Waals surface area contributed by atoms with Gasteiger partial charge in [0.05, 0.1) is 24.8 Å². The van der Waals surface area contributed by atoms with Gasteiger partial charge in [-0.25, -0.2) is 0 Å². The summed E-state index contributed by atoms with van der Waals surface area (Å²) < 4.78 is 5.57. The Hall–Kier alpha value is -2.36. The molecule has 0 saturated carbocycles. The van der Waals surface area contributed by atoms with Crippen LogP contribution in [0.1, 0.15) is 30.6 Å². The van der Waals surface area contributed by atoms with Gasteiger partial charge in [-0.3, -0.25) is 9.78 Å². The average Bonchev–Trinajstić information content (AvgIpc) is 2.48. The number of ether oxygens (including phenoxy) is 1. The molecular formula is C17H20N2O2. The highest BCUT2D eigenvalue weighted by Crippen LogP contribution is 2.12. The lowest BCUT2D eigenvalue weighted by atomic mass is 10.2. The van der Waals surface area contributed by atoms with Crippen molar-refractivity contribution in [2.75, 3.05) is 6.61 Å². The highest BCUT2D eigenvalue weighted by atomic mass is 16.5. The molecule has 1 atom stereocenters. The molecule has 0 unspecified atom stereocenters. The Labute approximate surface area is 125 Å². The Balaban J connectivity index is 1.75. The molecule has 2 rings (SSSR count). The van der Waals surface area contributed by atoms with Crippen LogP contribution >= 0.6 is 0 Å². The molecule has 0 aliphatic rings. The first-order chi connectivity index (χ1) is 10.1. The van der Waals surface area contributed by atoms with Crippen LogP contribution in [0.2, 0.25) is 0 Å². The number of amides is 1. The van der Waals surface area contributed by atoms with Crippen LogP contribution in [-0.4, -0.2) is 17.5 Å². The molecule has 110 valence electrons. The van der Waals surface area contributed by atoms with Crippen molar-refractivity contribution in [1.82, 2.24) is 10.3 Å². The third kappa shape index (κ3) is 4.91. The molecular weight excluding hydrogens is 264 g/mol. The highest BCUT2D eigenvalue weighted by Gasteiger charge is 2.10. The van der Waals surface area contributed by atoms with E-state index in [-0.39, 0.29) is 11.9 Å². The highest BCUT2D eigenvalue weighted by molar-refractivity contribution is 5.76. The first-order valence-corrected chi connectivity index (χ1v) is 7.05. The van der Waals surface area contributed by atoms with Crippen molar-refractivity contribution in [2.24, 2.45) is 0 Å². The minimum Gasteiger partial charge on any atom is -0.493 e. The number of hydrogen-bond donors (Lipinski definition) is 1. The number of nitrogens with one attached hydrogen (secondary N) is 1. The summed E-state index contributed by atoms with van der Waals surface area (Å²) >= 11 is 0. The Kier molecular flexibility index (Phi) is 5.32. The van der Waals surface area contributed by atoms with E-state index < -0.39 is 0 Å². The van der Waals surface area contributed by atoms with Gasteiger partial charge in [-0.15, -0.1) is 0 Å². The molecule has 1 N–H and O–H groups in total. The second kappa shape index (κ2) is 7.43. The van der Waals surface area contributed by atoms with Crippen molar-refractivity contribution >= 4 is 5.91 Å². The first-order valence-electron chi connectivity index (χ1n) is 7.05. The Morgan fingerprint density at radius 3 is 2.86 bits per heavy atom. The summed E-state index contributed by atoms with van der Waals surface area (Å²) in [5, 5.41) is 2.91. The molecule has 2 aromatic rings. The molecule has 0 fully saturated rings. The second-order valence-corrected chi connectivity index (χ2v) is 4.96. The van der Waals surface area contributed by atoms with E-state index in [4.69, 9.17) is 4.74 Å². The van der Waals surface area contributed by atoms with Crippen LogP contribution < -0.4 is 10.1 Å². The van der Waals surface area contributed by atoms with E-state index in [1.165, 1.54) is 0 Å². The lowest BCUT2D eigenvalue weighted by Gasteiger charge is -2.13. The van der Waals surface area contributed by atoms with Crippen molar-refractivity contribution in [3.63, 3.8) is 0 Å². The van der Waals surface area contributed by atoms with Crippen LogP contribution in [0.5, 0.6) is 5.75 Å². The van der Waals surface area contributed by atoms with Gasteiger partial charge in [-0.05, 0) is 43.7 Å². The smallest absolute Gasteiger partial charge is 0.223 e. The van der Waals surface area contributed by atoms with E-state index in [2.05, 4.69) is 10.3 Å². The Morgan fingerprint density at radius 2 is 2.14 bits per heavy atom. The quantitative estimate of drug-likeness (QED) is 0.887. The number of pyridine rings is 1. The van der Waals surface area contributed by atoms with Gasteiger partial charge in [0.2, 0.25) is 5.91 Å². The molecule has 0 radical (unpaired) electrons. The number of hydrogen-bond acceptors (Lipinski definition) is 3. The number of nitrogens with zero attached hydrogens (tertiary/aromatic N) is 1. The summed E-state index contributed by atoms with van der Waals surface area (Å²) in [6, 6.07) is 13.4. The Bertz CT molecular complexity index is 584. The summed E-state index contributed by atoms with van der Waals surface area (Å²) in [7, 11) is 0. The zero-order valence-corrected chi connectivity index (χ0v) is 12.4. The van der Waals surface area contributed by atoms with Crippen molar-refractivity contribution in [2.45, 2.75) is 26.3 Å². The molecule has 1 amide bonds. The monoisotopic (exact) mass is 284 g/mol. The number of rotatable bonds is 6. The van der Waals surface area contributed by atoms with Crippen LogP contribution in [0.15, 0.2) is 48.7 Å². The lowest BCUT2D eigenvalue weighted by Crippen LogP contribution is -2.28. The Morgan fingerprint density at radius 1 is 1.29 bits per heavy atom. The van der Waals surface area contributed by atoms with Gasteiger partial charge in [0.15, 0.2) is 0 Å². The predicted molar refractivity (Wildman–Crippen MR) is 82.1 cm³/mol. The molecule has 1 aromatic heterocycles. The summed E-state index contributed by atoms with van der Waals surface area (Å²) in [5.74, 6) is 0.751. The molecule has 4 nitrogen and oxygen atoms in total. The van der Waals surface area contributed by atoms with Crippen LogP contribution in [0, 0.1) is 6.92 Å². The fourth-order valence-corrected chi connectivity index (χ4v) is 1.99. The van der Waals surface area contributed by atoms with E-state index in [9.17, 15) is 4.79 Å². The normalized spacial score (nSPS) is 11.7. The van der Waals surface area contributed by atoms with E-state index in [1.54, 1.807) is 6.20 Å². The molecule has 0 bridgehead atoms. The zero-order valence-electron chi connectivity index (χ0n) is 12.4. The largest absolute Gasteiger partial charge is 0.493 e. The minimum atomic E-state index is -0.0994. The van der Waals surface area contributed by atoms with Crippen LogP contribution in [0.3, 0.4) is 0 Å². The van der Waals surface area contributed by atoms with Gasteiger partial charge < -0.3 is 10.1 Å². The molecule has 21 heavy (non-hydrogen) atoms. The zero-order chi connectivity index (χ0) is 15.1. The molecule has 4 heteroatoms. The number of aryl methyl sites for hydroxylation is 1. The van der Waals surface area contributed by atoms with Crippen molar-refractivity contribution < 1.29 is 9.53 Å². The predicted octanol–water partition coefficient (Wildman–Crippen LogP) is 3.04. The molecule has 0 aliphatic heterocycles. The number of aromatic nitrogens is 1. The molecule has 1 heterocycles. The maximum atomic E-state index is 11.9. The number of benzene rings is 1. The molecule has 0 spiro atoms. The average molecular weight is 284 g/mol. The number of carbonyl (C=O) groups is 1. The summed E-state index contributed by atoms with van der Waals surface area (Å²) in [6.07, 6.45) is 2.05. The lowest BCUT2D eigenvalue weighted by molar-refractivity contribution is -0.122. The van der Waals surface area contributed by atoms with Gasteiger partial charge in [-0.1, -0.05) is 18.2 Å². The maximum absolute atomic E-state index is 11.9. The van der Waals surface area contributed by atoms with Crippen LogP contribution in [0.25, 0.3) is 0 Å². The molecule has 1 aromatic carbocycles. The molecule has 0 aliphatic carbocycles. The summed E-state index contributed by atoms with van der Waals surface area (Å²) in [5.41, 5.74) is 1.99. The van der Waals surface area contributed by atoms with Gasteiger partial charge >= 0.3 is 0 Å². The van der Waals surface area contributed by atoms with Crippen molar-refractivity contribution in [1.29, 1.82) is 0 Å². The van der Waals surface area contributed by atoms with E-state index in [1.807, 2.05) is 56.3 Å². The SMILES string of the molecule is Cc1cccc(OCCC(=O)N[C@H](C)c2ccccn2)c1. The van der Waals surface area contributed by atoms with E-state index >= 15 is 0 Å². The fraction of sp³-hybridized carbons (Fsp3) is 0.294. The third-order valence-corrected chi connectivity index (χ3v) is 3.10. The third-order valence-electron chi connectivity index (χ3n) is 3.10. The standard InChI is InChI=1S/C17H20N2O2/c1-13-6-5-7-15(12-13)21-11-9-17(20)19-14(2)16-8-3-4-10-18-16/h3-8,10,12,14H,9,11H2,1-2H3,(H,19,20)/t14-/m1/s1. The topological polar surface area (TPSA) is 51.2 Å². The van der Waals surface area contributed by atoms with E-state index in [0.717, 1.165) is 17.0 Å². The maximum Gasteiger partial charge on any atom is 0.223 e. The van der Waals surface area contributed by atoms with Gasteiger partial charge in [0.1, 0.15) is 5.75 Å². The number of carbonyl (C=O) groups excluding carboxylic acids is 1. The van der Waals surface area contributed by atoms with Crippen LogP contribution in [0.4, 0.5) is 0 Å². The fourth-order valence-electron chi connectivity index (χ4n) is 1.99. The molecule has 0 saturated heterocycles. The summed E-state index contributed by atoms with van der Waals surface area (Å²) in [6.45, 7) is 4.29. The van der Waals surface area contributed by atoms with Crippen molar-refractivity contribution in [3.8, 4) is 5.75 Å². The second-order valence-electron chi connectivity index (χ2n) is 4.96. The van der Waals surface area contributed by atoms with Gasteiger partial charge in [0, 0.05) is 6.20 Å².